The third kappa shape index (κ3) is 4.06. The van der Waals surface area contributed by atoms with Gasteiger partial charge in [-0.3, -0.25) is 9.36 Å². The summed E-state index contributed by atoms with van der Waals surface area (Å²) in [5, 5.41) is 3.93. The summed E-state index contributed by atoms with van der Waals surface area (Å²) in [7, 11) is 0. The highest BCUT2D eigenvalue weighted by atomic mass is 35.5. The van der Waals surface area contributed by atoms with Crippen LogP contribution < -0.4 is 5.32 Å². The van der Waals surface area contributed by atoms with Crippen LogP contribution >= 0.6 is 11.6 Å². The van der Waals surface area contributed by atoms with E-state index in [2.05, 4.69) is 10.3 Å². The van der Waals surface area contributed by atoms with E-state index in [1.807, 2.05) is 58.0 Å². The Bertz CT molecular complexity index is 1210. The fourth-order valence-corrected chi connectivity index (χ4v) is 3.98. The smallest absolute Gasteiger partial charge is 0.308 e. The van der Waals surface area contributed by atoms with Crippen LogP contribution in [0.1, 0.15) is 12.2 Å². The molecule has 1 saturated heterocycles. The SMILES string of the molecule is O=C(CCc1oc(-n2cnc3ccccc32)nc1-c1ccc(Cl)cc1)N1CCNCC1. The molecular formula is C23H22ClN5O2. The molecule has 1 aliphatic rings. The second-order valence-corrected chi connectivity index (χ2v) is 7.95. The highest BCUT2D eigenvalue weighted by Crippen LogP contribution is 2.29. The van der Waals surface area contributed by atoms with Gasteiger partial charge in [-0.15, -0.1) is 0 Å². The van der Waals surface area contributed by atoms with Crippen molar-refractivity contribution in [2.75, 3.05) is 26.2 Å². The van der Waals surface area contributed by atoms with E-state index >= 15 is 0 Å². The number of piperazine rings is 1. The molecule has 0 saturated carbocycles. The number of halogens is 1. The van der Waals surface area contributed by atoms with E-state index in [9.17, 15) is 4.79 Å². The molecule has 1 aliphatic heterocycles. The number of imidazole rings is 1. The maximum absolute atomic E-state index is 12.7. The van der Waals surface area contributed by atoms with Crippen molar-refractivity contribution in [3.8, 4) is 17.3 Å². The summed E-state index contributed by atoms with van der Waals surface area (Å²) in [6.45, 7) is 3.15. The molecule has 0 spiro atoms. The number of hydrogen-bond donors (Lipinski definition) is 1. The van der Waals surface area contributed by atoms with Gasteiger partial charge in [-0.05, 0) is 24.3 Å². The fraction of sp³-hybridized carbons (Fsp3) is 0.261. The number of amides is 1. The second kappa shape index (κ2) is 8.53. The van der Waals surface area contributed by atoms with Gasteiger partial charge in [0, 0.05) is 49.6 Å². The van der Waals surface area contributed by atoms with Gasteiger partial charge in [-0.25, -0.2) is 4.98 Å². The summed E-state index contributed by atoms with van der Waals surface area (Å²) in [6.07, 6.45) is 2.55. The van der Waals surface area contributed by atoms with Gasteiger partial charge in [0.25, 0.3) is 0 Å². The van der Waals surface area contributed by atoms with E-state index in [0.717, 1.165) is 48.5 Å². The van der Waals surface area contributed by atoms with Crippen LogP contribution in [0.3, 0.4) is 0 Å². The van der Waals surface area contributed by atoms with E-state index in [1.165, 1.54) is 0 Å². The number of carbonyl (C=O) groups excluding carboxylic acids is 1. The van der Waals surface area contributed by atoms with Crippen LogP contribution in [-0.2, 0) is 11.2 Å². The largest absolute Gasteiger partial charge is 0.427 e. The quantitative estimate of drug-likeness (QED) is 0.517. The van der Waals surface area contributed by atoms with E-state index < -0.39 is 0 Å². The zero-order valence-electron chi connectivity index (χ0n) is 16.9. The number of carbonyl (C=O) groups is 1. The Morgan fingerprint density at radius 3 is 2.68 bits per heavy atom. The van der Waals surface area contributed by atoms with Crippen molar-refractivity contribution in [1.82, 2.24) is 24.8 Å². The first-order valence-corrected chi connectivity index (χ1v) is 10.7. The predicted molar refractivity (Wildman–Crippen MR) is 119 cm³/mol. The zero-order valence-corrected chi connectivity index (χ0v) is 17.7. The maximum Gasteiger partial charge on any atom is 0.308 e. The summed E-state index contributed by atoms with van der Waals surface area (Å²) in [5.41, 5.74) is 3.39. The van der Waals surface area contributed by atoms with Crippen molar-refractivity contribution >= 4 is 28.5 Å². The lowest BCUT2D eigenvalue weighted by Crippen LogP contribution is -2.46. The monoisotopic (exact) mass is 435 g/mol. The summed E-state index contributed by atoms with van der Waals surface area (Å²) in [4.78, 5) is 23.8. The van der Waals surface area contributed by atoms with Crippen LogP contribution in [0.15, 0.2) is 59.3 Å². The van der Waals surface area contributed by atoms with Crippen molar-refractivity contribution < 1.29 is 9.21 Å². The van der Waals surface area contributed by atoms with Crippen molar-refractivity contribution in [3.05, 3.63) is 65.6 Å². The zero-order chi connectivity index (χ0) is 21.2. The lowest BCUT2D eigenvalue weighted by atomic mass is 10.1. The number of nitrogens with one attached hydrogen (secondary N) is 1. The Morgan fingerprint density at radius 2 is 1.87 bits per heavy atom. The predicted octanol–water partition coefficient (Wildman–Crippen LogP) is 3.70. The van der Waals surface area contributed by atoms with E-state index in [1.54, 1.807) is 6.33 Å². The molecule has 4 aromatic rings. The highest BCUT2D eigenvalue weighted by Gasteiger charge is 2.21. The summed E-state index contributed by atoms with van der Waals surface area (Å²) in [5.74, 6) is 0.813. The molecule has 1 fully saturated rings. The van der Waals surface area contributed by atoms with Crippen LogP contribution in [0.25, 0.3) is 28.3 Å². The van der Waals surface area contributed by atoms with Crippen LogP contribution in [0.5, 0.6) is 0 Å². The van der Waals surface area contributed by atoms with Gasteiger partial charge in [0.1, 0.15) is 17.8 Å². The normalized spacial score (nSPS) is 14.3. The van der Waals surface area contributed by atoms with Crippen LogP contribution in [0, 0.1) is 0 Å². The summed E-state index contributed by atoms with van der Waals surface area (Å²) in [6, 6.07) is 15.7. The third-order valence-corrected chi connectivity index (χ3v) is 5.75. The molecule has 2 aromatic heterocycles. The molecule has 1 N–H and O–H groups in total. The molecular weight excluding hydrogens is 414 g/mol. The van der Waals surface area contributed by atoms with Crippen LogP contribution in [0.2, 0.25) is 5.02 Å². The number of fused-ring (bicyclic) bond motifs is 1. The minimum absolute atomic E-state index is 0.134. The Balaban J connectivity index is 1.48. The molecule has 158 valence electrons. The number of nitrogens with zero attached hydrogens (tertiary/aromatic N) is 4. The van der Waals surface area contributed by atoms with Crippen molar-refractivity contribution in [3.63, 3.8) is 0 Å². The number of rotatable bonds is 5. The average Bonchev–Trinajstić information content (AvgIpc) is 3.43. The van der Waals surface area contributed by atoms with Crippen molar-refractivity contribution in [1.29, 1.82) is 0 Å². The highest BCUT2D eigenvalue weighted by molar-refractivity contribution is 6.30. The Hall–Kier alpha value is -3.16. The maximum atomic E-state index is 12.7. The molecule has 0 aliphatic carbocycles. The minimum Gasteiger partial charge on any atom is -0.427 e. The Labute approximate surface area is 184 Å². The van der Waals surface area contributed by atoms with Crippen LogP contribution in [-0.4, -0.2) is 51.5 Å². The number of aryl methyl sites for hydroxylation is 1. The van der Waals surface area contributed by atoms with Gasteiger partial charge >= 0.3 is 6.01 Å². The van der Waals surface area contributed by atoms with Crippen molar-refractivity contribution in [2.24, 2.45) is 0 Å². The first-order valence-electron chi connectivity index (χ1n) is 10.4. The second-order valence-electron chi connectivity index (χ2n) is 7.51. The first kappa shape index (κ1) is 19.8. The average molecular weight is 436 g/mol. The molecule has 0 bridgehead atoms. The number of oxazole rings is 1. The molecule has 0 radical (unpaired) electrons. The van der Waals surface area contributed by atoms with Crippen LogP contribution in [0.4, 0.5) is 0 Å². The third-order valence-electron chi connectivity index (χ3n) is 5.50. The van der Waals surface area contributed by atoms with Gasteiger partial charge in [0.2, 0.25) is 5.91 Å². The molecule has 7 nitrogen and oxygen atoms in total. The van der Waals surface area contributed by atoms with E-state index in [-0.39, 0.29) is 5.91 Å². The first-order chi connectivity index (χ1) is 15.2. The standard InChI is InChI=1S/C23H22ClN5O2/c24-17-7-5-16(6-8-17)22-20(9-10-21(30)28-13-11-25-12-14-28)31-23(27-22)29-15-26-18-3-1-2-4-19(18)29/h1-8,15,25H,9-14H2. The molecule has 0 unspecified atom stereocenters. The molecule has 2 aromatic carbocycles. The lowest BCUT2D eigenvalue weighted by Gasteiger charge is -2.27. The van der Waals surface area contributed by atoms with Gasteiger partial charge in [0.05, 0.1) is 11.0 Å². The number of benzene rings is 2. The van der Waals surface area contributed by atoms with Gasteiger partial charge in [-0.1, -0.05) is 35.9 Å². The number of hydrogen-bond acceptors (Lipinski definition) is 5. The van der Waals surface area contributed by atoms with Crippen molar-refractivity contribution in [2.45, 2.75) is 12.8 Å². The Kier molecular flexibility index (Phi) is 5.44. The minimum atomic E-state index is 0.134. The number of aromatic nitrogens is 3. The molecule has 5 rings (SSSR count). The molecule has 31 heavy (non-hydrogen) atoms. The summed E-state index contributed by atoms with van der Waals surface area (Å²) < 4.78 is 8.02. The van der Waals surface area contributed by atoms with E-state index in [4.69, 9.17) is 21.0 Å². The lowest BCUT2D eigenvalue weighted by molar-refractivity contribution is -0.131. The van der Waals surface area contributed by atoms with Gasteiger partial charge in [0.15, 0.2) is 0 Å². The topological polar surface area (TPSA) is 76.2 Å². The Morgan fingerprint density at radius 1 is 1.10 bits per heavy atom. The van der Waals surface area contributed by atoms with Gasteiger partial charge < -0.3 is 14.6 Å². The van der Waals surface area contributed by atoms with Gasteiger partial charge in [-0.2, -0.15) is 4.98 Å². The molecule has 1 amide bonds. The summed E-state index contributed by atoms with van der Waals surface area (Å²) >= 11 is 6.07. The molecule has 3 heterocycles. The van der Waals surface area contributed by atoms with E-state index in [0.29, 0.717) is 29.6 Å². The number of para-hydroxylation sites is 2. The molecule has 0 atom stereocenters. The molecule has 8 heteroatoms. The fourth-order valence-electron chi connectivity index (χ4n) is 3.85.